The second kappa shape index (κ2) is 8.67. The first-order chi connectivity index (χ1) is 13.5. The minimum absolute atomic E-state index is 0.0500. The number of hydrogen-bond donors (Lipinski definition) is 0. The third kappa shape index (κ3) is 4.04. The van der Waals surface area contributed by atoms with Crippen molar-refractivity contribution in [3.05, 3.63) is 82.0 Å². The molecule has 7 nitrogen and oxygen atoms in total. The molecule has 0 saturated heterocycles. The first kappa shape index (κ1) is 19.6. The Labute approximate surface area is 163 Å². The maximum atomic E-state index is 13.1. The molecular weight excluding hydrogens is 356 g/mol. The van der Waals surface area contributed by atoms with Crippen LogP contribution in [-0.4, -0.2) is 38.9 Å². The minimum atomic E-state index is -0.193. The van der Waals surface area contributed by atoms with Crippen LogP contribution in [0, 0.1) is 6.92 Å². The molecule has 3 rings (SSSR count). The largest absolute Gasteiger partial charge is 0.375 e. The zero-order chi connectivity index (χ0) is 20.1. The molecule has 0 atom stereocenters. The van der Waals surface area contributed by atoms with Crippen LogP contribution >= 0.6 is 0 Å². The predicted octanol–water partition coefficient (Wildman–Crippen LogP) is 2.05. The molecule has 146 valence electrons. The molecule has 7 heteroatoms. The highest BCUT2D eigenvalue weighted by Crippen LogP contribution is 2.14. The molecule has 0 aliphatic carbocycles. The van der Waals surface area contributed by atoms with Crippen LogP contribution in [0.15, 0.2) is 59.5 Å². The molecule has 0 bridgehead atoms. The van der Waals surface area contributed by atoms with Crippen molar-refractivity contribution < 1.29 is 9.53 Å². The molecule has 2 aromatic heterocycles. The number of benzene rings is 1. The fourth-order valence-electron chi connectivity index (χ4n) is 3.13. The van der Waals surface area contributed by atoms with Gasteiger partial charge in [-0.3, -0.25) is 19.3 Å². The molecule has 1 aromatic carbocycles. The van der Waals surface area contributed by atoms with E-state index in [-0.39, 0.29) is 24.6 Å². The molecule has 2 heterocycles. The minimum Gasteiger partial charge on any atom is -0.375 e. The lowest BCUT2D eigenvalue weighted by molar-refractivity contribution is -0.136. The van der Waals surface area contributed by atoms with E-state index in [0.29, 0.717) is 12.1 Å². The molecule has 0 N–H and O–H groups in total. The molecule has 0 saturated carbocycles. The highest BCUT2D eigenvalue weighted by molar-refractivity contribution is 5.77. The number of pyridine rings is 1. The van der Waals surface area contributed by atoms with E-state index in [1.165, 1.54) is 7.11 Å². The van der Waals surface area contributed by atoms with E-state index in [0.717, 1.165) is 17.1 Å². The number of carbonyl (C=O) groups excluding carboxylic acids is 1. The van der Waals surface area contributed by atoms with Crippen molar-refractivity contribution in [1.29, 1.82) is 0 Å². The van der Waals surface area contributed by atoms with Crippen LogP contribution in [0.2, 0.25) is 0 Å². The Hall–Kier alpha value is -3.19. The SMILES string of the molecule is COCC(=O)N(Cc1ccccn1)Cc1c(C)n(C)n(-c2ccccc2)c1=O. The molecular formula is C21H24N4O3. The molecule has 0 aliphatic heterocycles. The van der Waals surface area contributed by atoms with Gasteiger partial charge in [0.1, 0.15) is 6.61 Å². The highest BCUT2D eigenvalue weighted by atomic mass is 16.5. The zero-order valence-corrected chi connectivity index (χ0v) is 16.3. The monoisotopic (exact) mass is 380 g/mol. The van der Waals surface area contributed by atoms with Crippen LogP contribution in [0.25, 0.3) is 5.69 Å². The van der Waals surface area contributed by atoms with Crippen molar-refractivity contribution in [3.63, 3.8) is 0 Å². The van der Waals surface area contributed by atoms with Crippen molar-refractivity contribution >= 4 is 5.91 Å². The van der Waals surface area contributed by atoms with Crippen LogP contribution in [0.5, 0.6) is 0 Å². The van der Waals surface area contributed by atoms with E-state index in [9.17, 15) is 9.59 Å². The predicted molar refractivity (Wildman–Crippen MR) is 106 cm³/mol. The summed E-state index contributed by atoms with van der Waals surface area (Å²) in [5.41, 5.74) is 2.78. The first-order valence-electron chi connectivity index (χ1n) is 9.02. The maximum Gasteiger partial charge on any atom is 0.276 e. The fraction of sp³-hybridized carbons (Fsp3) is 0.286. The Kier molecular flexibility index (Phi) is 6.06. The summed E-state index contributed by atoms with van der Waals surface area (Å²) in [6.07, 6.45) is 1.68. The van der Waals surface area contributed by atoms with Crippen LogP contribution in [0.4, 0.5) is 0 Å². The standard InChI is InChI=1S/C21H24N4O3/c1-16-19(21(27)25(23(16)2)18-10-5-4-6-11-18)14-24(20(26)15-28-3)13-17-9-7-8-12-22-17/h4-12H,13-15H2,1-3H3. The van der Waals surface area contributed by atoms with Gasteiger partial charge in [-0.1, -0.05) is 24.3 Å². The number of methoxy groups -OCH3 is 1. The van der Waals surface area contributed by atoms with Gasteiger partial charge in [-0.15, -0.1) is 0 Å². The summed E-state index contributed by atoms with van der Waals surface area (Å²) in [6, 6.07) is 15.0. The first-order valence-corrected chi connectivity index (χ1v) is 9.02. The van der Waals surface area contributed by atoms with Gasteiger partial charge in [-0.2, -0.15) is 0 Å². The third-order valence-electron chi connectivity index (χ3n) is 4.72. The van der Waals surface area contributed by atoms with Crippen molar-refractivity contribution in [2.24, 2.45) is 7.05 Å². The lowest BCUT2D eigenvalue weighted by atomic mass is 10.2. The number of hydrogen-bond acceptors (Lipinski definition) is 4. The Morgan fingerprint density at radius 2 is 1.82 bits per heavy atom. The molecule has 0 fully saturated rings. The molecule has 1 amide bonds. The Bertz CT molecular complexity index is 994. The number of carbonyl (C=O) groups is 1. The van der Waals surface area contributed by atoms with Gasteiger partial charge in [0.05, 0.1) is 30.0 Å². The van der Waals surface area contributed by atoms with Crippen LogP contribution in [0.1, 0.15) is 17.0 Å². The number of para-hydroxylation sites is 1. The van der Waals surface area contributed by atoms with Gasteiger partial charge >= 0.3 is 0 Å². The fourth-order valence-corrected chi connectivity index (χ4v) is 3.13. The second-order valence-electron chi connectivity index (χ2n) is 6.54. The number of nitrogens with zero attached hydrogens (tertiary/aromatic N) is 4. The smallest absolute Gasteiger partial charge is 0.276 e. The van der Waals surface area contributed by atoms with Crippen molar-refractivity contribution in [2.45, 2.75) is 20.0 Å². The van der Waals surface area contributed by atoms with Gasteiger partial charge in [-0.25, -0.2) is 4.68 Å². The van der Waals surface area contributed by atoms with Gasteiger partial charge in [0.25, 0.3) is 5.56 Å². The molecule has 3 aromatic rings. The highest BCUT2D eigenvalue weighted by Gasteiger charge is 2.22. The Morgan fingerprint density at radius 1 is 1.11 bits per heavy atom. The summed E-state index contributed by atoms with van der Waals surface area (Å²) in [5.74, 6) is -0.193. The van der Waals surface area contributed by atoms with E-state index >= 15 is 0 Å². The van der Waals surface area contributed by atoms with Gasteiger partial charge < -0.3 is 9.64 Å². The van der Waals surface area contributed by atoms with Gasteiger partial charge in [-0.05, 0) is 31.2 Å². The Balaban J connectivity index is 1.97. The molecule has 0 aliphatic rings. The quantitative estimate of drug-likeness (QED) is 0.629. The average Bonchev–Trinajstić information content (AvgIpc) is 2.92. The van der Waals surface area contributed by atoms with Crippen LogP contribution in [-0.2, 0) is 29.7 Å². The van der Waals surface area contributed by atoms with Crippen LogP contribution in [0.3, 0.4) is 0 Å². The average molecular weight is 380 g/mol. The Morgan fingerprint density at radius 3 is 2.46 bits per heavy atom. The van der Waals surface area contributed by atoms with Gasteiger partial charge in [0.15, 0.2) is 0 Å². The normalized spacial score (nSPS) is 10.8. The van der Waals surface area contributed by atoms with E-state index in [4.69, 9.17) is 4.74 Å². The summed E-state index contributed by atoms with van der Waals surface area (Å²) < 4.78 is 8.45. The topological polar surface area (TPSA) is 69.4 Å². The number of aromatic nitrogens is 3. The number of rotatable bonds is 7. The van der Waals surface area contributed by atoms with E-state index < -0.39 is 0 Å². The molecule has 0 unspecified atom stereocenters. The van der Waals surface area contributed by atoms with E-state index in [1.807, 2.05) is 67.2 Å². The van der Waals surface area contributed by atoms with Gasteiger partial charge in [0.2, 0.25) is 5.91 Å². The number of ether oxygens (including phenoxy) is 1. The third-order valence-corrected chi connectivity index (χ3v) is 4.72. The van der Waals surface area contributed by atoms with Gasteiger partial charge in [0, 0.05) is 26.0 Å². The van der Waals surface area contributed by atoms with Crippen molar-refractivity contribution in [2.75, 3.05) is 13.7 Å². The summed E-state index contributed by atoms with van der Waals surface area (Å²) in [4.78, 5) is 31.6. The van der Waals surface area contributed by atoms with E-state index in [2.05, 4.69) is 4.98 Å². The summed E-state index contributed by atoms with van der Waals surface area (Å²) >= 11 is 0. The number of amides is 1. The zero-order valence-electron chi connectivity index (χ0n) is 16.3. The summed E-state index contributed by atoms with van der Waals surface area (Å²) in [7, 11) is 3.32. The lowest BCUT2D eigenvalue weighted by Crippen LogP contribution is -2.35. The molecule has 28 heavy (non-hydrogen) atoms. The van der Waals surface area contributed by atoms with E-state index in [1.54, 1.807) is 15.8 Å². The van der Waals surface area contributed by atoms with Crippen molar-refractivity contribution in [3.8, 4) is 5.69 Å². The van der Waals surface area contributed by atoms with Crippen molar-refractivity contribution in [1.82, 2.24) is 19.2 Å². The molecule has 0 spiro atoms. The molecule has 0 radical (unpaired) electrons. The second-order valence-corrected chi connectivity index (χ2v) is 6.54. The lowest BCUT2D eigenvalue weighted by Gasteiger charge is -2.21. The maximum absolute atomic E-state index is 13.1. The van der Waals surface area contributed by atoms with Crippen LogP contribution < -0.4 is 5.56 Å². The summed E-state index contributed by atoms with van der Waals surface area (Å²) in [6.45, 7) is 2.33. The summed E-state index contributed by atoms with van der Waals surface area (Å²) in [5, 5.41) is 0.